The van der Waals surface area contributed by atoms with Crippen LogP contribution in [0.1, 0.15) is 22.3 Å². The molecule has 12 nitrogen and oxygen atoms in total. The van der Waals surface area contributed by atoms with E-state index in [0.29, 0.717) is 65.6 Å². The Morgan fingerprint density at radius 2 is 1.62 bits per heavy atom. The zero-order valence-corrected chi connectivity index (χ0v) is 25.4. The van der Waals surface area contributed by atoms with Gasteiger partial charge in [0.05, 0.1) is 52.9 Å². The van der Waals surface area contributed by atoms with Gasteiger partial charge in [-0.25, -0.2) is 9.78 Å². The van der Waals surface area contributed by atoms with Gasteiger partial charge in [0, 0.05) is 38.9 Å². The quantitative estimate of drug-likeness (QED) is 0.228. The maximum atomic E-state index is 13.3. The molecule has 0 aliphatic rings. The zero-order chi connectivity index (χ0) is 30.6. The largest absolute Gasteiger partial charge is 0.495 e. The van der Waals surface area contributed by atoms with Crippen molar-refractivity contribution in [2.24, 2.45) is 0 Å². The van der Waals surface area contributed by atoms with Crippen LogP contribution in [0, 0.1) is 0 Å². The second-order valence-electron chi connectivity index (χ2n) is 8.88. The average molecular weight is 605 g/mol. The first-order valence-electron chi connectivity index (χ1n) is 13.1. The van der Waals surface area contributed by atoms with Crippen LogP contribution in [0.15, 0.2) is 30.3 Å². The number of aromatic nitrogens is 2. The molecule has 0 radical (unpaired) electrons. The Balaban J connectivity index is 2.26. The molecule has 42 heavy (non-hydrogen) atoms. The zero-order valence-electron chi connectivity index (χ0n) is 24.7. The lowest BCUT2D eigenvalue weighted by atomic mass is 10.0. The lowest BCUT2D eigenvalue weighted by Crippen LogP contribution is -2.31. The van der Waals surface area contributed by atoms with Crippen molar-refractivity contribution in [1.82, 2.24) is 9.97 Å². The molecular formula is C29H37ClN4O8. The smallest absolute Gasteiger partial charge is 0.343 e. The van der Waals surface area contributed by atoms with Crippen molar-refractivity contribution in [2.75, 3.05) is 79.2 Å². The molecule has 0 spiro atoms. The van der Waals surface area contributed by atoms with Crippen molar-refractivity contribution >= 4 is 29.3 Å². The van der Waals surface area contributed by atoms with Gasteiger partial charge in [-0.05, 0) is 36.2 Å². The Kier molecular flexibility index (Phi) is 12.3. The van der Waals surface area contributed by atoms with Crippen molar-refractivity contribution < 1.29 is 38.3 Å². The Morgan fingerprint density at radius 1 is 0.929 bits per heavy atom. The molecule has 2 aromatic carbocycles. The first-order chi connectivity index (χ1) is 20.3. The summed E-state index contributed by atoms with van der Waals surface area (Å²) in [5.74, 6) is 1.57. The number of aliphatic hydroxyl groups excluding tert-OH is 1. The SMILES string of the molecule is COCCN(CCCO)c1nc(NCc2ccc(OC)c(Cl)c2)c(C(=O)OC)c(-c2cc(OC)c(OC)c(OC)c2)n1. The van der Waals surface area contributed by atoms with E-state index in [-0.39, 0.29) is 30.2 Å². The van der Waals surface area contributed by atoms with Crippen LogP contribution >= 0.6 is 11.6 Å². The number of aliphatic hydroxyl groups is 1. The van der Waals surface area contributed by atoms with E-state index < -0.39 is 5.97 Å². The second kappa shape index (κ2) is 15.9. The number of methoxy groups -OCH3 is 6. The minimum atomic E-state index is -0.653. The number of halogens is 1. The summed E-state index contributed by atoms with van der Waals surface area (Å²) in [5, 5.41) is 13.2. The third kappa shape index (κ3) is 7.64. The van der Waals surface area contributed by atoms with Gasteiger partial charge in [-0.3, -0.25) is 0 Å². The van der Waals surface area contributed by atoms with E-state index in [1.807, 2.05) is 11.0 Å². The highest BCUT2D eigenvalue weighted by Crippen LogP contribution is 2.42. The van der Waals surface area contributed by atoms with Crippen LogP contribution in [0.2, 0.25) is 5.02 Å². The fourth-order valence-corrected chi connectivity index (χ4v) is 4.50. The molecule has 0 fully saturated rings. The highest BCUT2D eigenvalue weighted by molar-refractivity contribution is 6.32. The normalized spacial score (nSPS) is 10.7. The summed E-state index contributed by atoms with van der Waals surface area (Å²) in [6.07, 6.45) is 0.471. The van der Waals surface area contributed by atoms with Crippen molar-refractivity contribution in [2.45, 2.75) is 13.0 Å². The first kappa shape index (κ1) is 32.5. The van der Waals surface area contributed by atoms with Crippen molar-refractivity contribution in [1.29, 1.82) is 0 Å². The van der Waals surface area contributed by atoms with E-state index in [1.165, 1.54) is 28.4 Å². The molecule has 0 unspecified atom stereocenters. The van der Waals surface area contributed by atoms with E-state index in [1.54, 1.807) is 38.5 Å². The number of hydrogen-bond acceptors (Lipinski definition) is 12. The highest BCUT2D eigenvalue weighted by Gasteiger charge is 2.27. The average Bonchev–Trinajstić information content (AvgIpc) is 3.02. The monoisotopic (exact) mass is 604 g/mol. The van der Waals surface area contributed by atoms with Gasteiger partial charge < -0.3 is 43.7 Å². The molecule has 0 bridgehead atoms. The Hall–Kier alpha value is -4.00. The lowest BCUT2D eigenvalue weighted by molar-refractivity contribution is 0.0602. The lowest BCUT2D eigenvalue weighted by Gasteiger charge is -2.25. The van der Waals surface area contributed by atoms with E-state index in [0.717, 1.165) is 5.56 Å². The topological polar surface area (TPSA) is 134 Å². The number of ether oxygens (including phenoxy) is 6. The molecule has 13 heteroatoms. The number of anilines is 2. The standard InChI is InChI=1S/C29H37ClN4O8/c1-37-13-11-34(10-7-12-35)29-32-25(19-15-22(39-3)26(41-5)23(16-19)40-4)24(28(36)42-6)27(33-29)31-17-18-8-9-21(38-2)20(30)14-18/h8-9,14-16,35H,7,10-13,17H2,1-6H3,(H,31,32,33). The third-order valence-corrected chi connectivity index (χ3v) is 6.63. The van der Waals surface area contributed by atoms with Crippen LogP contribution < -0.4 is 29.2 Å². The molecule has 0 aliphatic heterocycles. The minimum absolute atomic E-state index is 0.0210. The van der Waals surface area contributed by atoms with Gasteiger partial charge in [0.25, 0.3) is 0 Å². The molecule has 3 aromatic rings. The van der Waals surface area contributed by atoms with Gasteiger partial charge in [-0.1, -0.05) is 17.7 Å². The van der Waals surface area contributed by atoms with E-state index in [9.17, 15) is 9.90 Å². The van der Waals surface area contributed by atoms with Crippen LogP contribution in [0.4, 0.5) is 11.8 Å². The summed E-state index contributed by atoms with van der Waals surface area (Å²) in [7, 11) is 8.93. The number of hydrogen-bond donors (Lipinski definition) is 2. The minimum Gasteiger partial charge on any atom is -0.495 e. The summed E-state index contributed by atoms with van der Waals surface area (Å²) in [4.78, 5) is 24.7. The predicted octanol–water partition coefficient (Wildman–Crippen LogP) is 4.07. The van der Waals surface area contributed by atoms with Gasteiger partial charge in [-0.2, -0.15) is 4.98 Å². The van der Waals surface area contributed by atoms with Gasteiger partial charge in [0.2, 0.25) is 11.7 Å². The molecule has 2 N–H and O–H groups in total. The maximum Gasteiger partial charge on any atom is 0.343 e. The third-order valence-electron chi connectivity index (χ3n) is 6.34. The highest BCUT2D eigenvalue weighted by atomic mass is 35.5. The summed E-state index contributed by atoms with van der Waals surface area (Å²) in [6, 6.07) is 8.76. The Morgan fingerprint density at radius 3 is 2.17 bits per heavy atom. The predicted molar refractivity (Wildman–Crippen MR) is 160 cm³/mol. The van der Waals surface area contributed by atoms with Gasteiger partial charge in [0.1, 0.15) is 17.1 Å². The molecule has 0 atom stereocenters. The summed E-state index contributed by atoms with van der Waals surface area (Å²) in [5.41, 5.74) is 1.69. The number of nitrogens with one attached hydrogen (secondary N) is 1. The molecule has 0 saturated carbocycles. The number of carbonyl (C=O) groups is 1. The van der Waals surface area contributed by atoms with Crippen LogP contribution in [-0.2, 0) is 16.0 Å². The molecule has 1 heterocycles. The number of rotatable bonds is 16. The summed E-state index contributed by atoms with van der Waals surface area (Å²) in [6.45, 7) is 1.52. The van der Waals surface area contributed by atoms with Crippen molar-refractivity contribution in [3.05, 3.63) is 46.5 Å². The van der Waals surface area contributed by atoms with Gasteiger partial charge in [-0.15, -0.1) is 0 Å². The molecule has 0 amide bonds. The van der Waals surface area contributed by atoms with Gasteiger partial charge in [0.15, 0.2) is 11.5 Å². The molecule has 228 valence electrons. The number of benzene rings is 2. The second-order valence-corrected chi connectivity index (χ2v) is 9.29. The van der Waals surface area contributed by atoms with E-state index >= 15 is 0 Å². The molecule has 1 aromatic heterocycles. The summed E-state index contributed by atoms with van der Waals surface area (Å²) >= 11 is 6.34. The Labute approximate surface area is 250 Å². The summed E-state index contributed by atoms with van der Waals surface area (Å²) < 4.78 is 32.3. The first-order valence-corrected chi connectivity index (χ1v) is 13.4. The molecule has 3 rings (SSSR count). The van der Waals surface area contributed by atoms with Gasteiger partial charge >= 0.3 is 5.97 Å². The molecule has 0 saturated heterocycles. The van der Waals surface area contributed by atoms with Crippen molar-refractivity contribution in [3.63, 3.8) is 0 Å². The number of esters is 1. The van der Waals surface area contributed by atoms with Crippen molar-refractivity contribution in [3.8, 4) is 34.3 Å². The van der Waals surface area contributed by atoms with Crippen LogP contribution in [0.25, 0.3) is 11.3 Å². The van der Waals surface area contributed by atoms with Crippen LogP contribution in [0.3, 0.4) is 0 Å². The number of carbonyl (C=O) groups excluding carboxylic acids is 1. The van der Waals surface area contributed by atoms with Crippen LogP contribution in [-0.4, -0.2) is 90.0 Å². The Bertz CT molecular complexity index is 1320. The van der Waals surface area contributed by atoms with E-state index in [2.05, 4.69) is 5.32 Å². The fraction of sp³-hybridized carbons (Fsp3) is 0.414. The number of nitrogens with zero attached hydrogens (tertiary/aromatic N) is 3. The van der Waals surface area contributed by atoms with Crippen LogP contribution in [0.5, 0.6) is 23.0 Å². The molecular weight excluding hydrogens is 568 g/mol. The van der Waals surface area contributed by atoms with E-state index in [4.69, 9.17) is 50.0 Å². The molecule has 0 aliphatic carbocycles. The maximum absolute atomic E-state index is 13.3. The fourth-order valence-electron chi connectivity index (χ4n) is 4.22.